The van der Waals surface area contributed by atoms with Gasteiger partial charge in [-0.2, -0.15) is 0 Å². The van der Waals surface area contributed by atoms with Crippen LogP contribution in [0.3, 0.4) is 0 Å². The largest absolute Gasteiger partial charge is 0.298 e. The van der Waals surface area contributed by atoms with Gasteiger partial charge < -0.3 is 0 Å². The van der Waals surface area contributed by atoms with Crippen LogP contribution in [0.15, 0.2) is 48.3 Å². The molecular weight excluding hydrogens is 341 g/mol. The summed E-state index contributed by atoms with van der Waals surface area (Å²) >= 11 is 2.13. The molecule has 1 aliphatic heterocycles. The standard InChI is InChI=1S/C14H12INO2/c1-10-6-7-16(8-11(10)9-17)14(18)12-4-2-3-5-13(12)15/h2-10H,1H3/t10-/m1/s1. The van der Waals surface area contributed by atoms with Crippen LogP contribution in [-0.2, 0) is 4.79 Å². The van der Waals surface area contributed by atoms with Gasteiger partial charge >= 0.3 is 0 Å². The Balaban J connectivity index is 2.31. The molecular formula is C14H12INO2. The Morgan fingerprint density at radius 2 is 2.11 bits per heavy atom. The van der Waals surface area contributed by atoms with Crippen molar-refractivity contribution >= 4 is 34.8 Å². The number of carbonyl (C=O) groups excluding carboxylic acids is 2. The first-order valence-corrected chi connectivity index (χ1v) is 6.63. The van der Waals surface area contributed by atoms with Crippen LogP contribution in [0.5, 0.6) is 0 Å². The highest BCUT2D eigenvalue weighted by atomic mass is 127. The first kappa shape index (κ1) is 13.0. The molecule has 4 heteroatoms. The Morgan fingerprint density at radius 3 is 2.78 bits per heavy atom. The normalized spacial score (nSPS) is 18.4. The van der Waals surface area contributed by atoms with E-state index in [9.17, 15) is 9.59 Å². The molecule has 0 aromatic heterocycles. The van der Waals surface area contributed by atoms with Crippen molar-refractivity contribution in [3.8, 4) is 0 Å². The molecule has 0 saturated heterocycles. The number of hydrogen-bond donors (Lipinski definition) is 0. The highest BCUT2D eigenvalue weighted by molar-refractivity contribution is 14.1. The smallest absolute Gasteiger partial charge is 0.262 e. The molecule has 1 heterocycles. The van der Waals surface area contributed by atoms with Crippen LogP contribution in [0.4, 0.5) is 0 Å². The minimum atomic E-state index is -0.123. The fraction of sp³-hybridized carbons (Fsp3) is 0.143. The number of benzene rings is 1. The fourth-order valence-corrected chi connectivity index (χ4v) is 2.31. The summed E-state index contributed by atoms with van der Waals surface area (Å²) in [4.78, 5) is 24.7. The molecule has 92 valence electrons. The number of amides is 1. The maximum atomic E-state index is 12.3. The minimum Gasteiger partial charge on any atom is -0.298 e. The second-order valence-electron chi connectivity index (χ2n) is 4.07. The molecule has 18 heavy (non-hydrogen) atoms. The topological polar surface area (TPSA) is 37.4 Å². The van der Waals surface area contributed by atoms with Gasteiger partial charge in [0, 0.05) is 27.5 Å². The van der Waals surface area contributed by atoms with Gasteiger partial charge in [0.05, 0.1) is 5.56 Å². The average molecular weight is 353 g/mol. The average Bonchev–Trinajstić information content (AvgIpc) is 2.39. The van der Waals surface area contributed by atoms with E-state index in [1.807, 2.05) is 31.2 Å². The molecule has 1 aliphatic rings. The van der Waals surface area contributed by atoms with Gasteiger partial charge in [-0.1, -0.05) is 25.1 Å². The zero-order chi connectivity index (χ0) is 13.1. The van der Waals surface area contributed by atoms with Crippen molar-refractivity contribution in [2.75, 3.05) is 0 Å². The lowest BCUT2D eigenvalue weighted by molar-refractivity contribution is -0.105. The summed E-state index contributed by atoms with van der Waals surface area (Å²) in [5.74, 6) is -0.0658. The molecule has 0 radical (unpaired) electrons. The number of halogens is 1. The van der Waals surface area contributed by atoms with Crippen molar-refractivity contribution < 1.29 is 9.59 Å². The Kier molecular flexibility index (Phi) is 3.96. The summed E-state index contributed by atoms with van der Waals surface area (Å²) in [6, 6.07) is 7.38. The quantitative estimate of drug-likeness (QED) is 0.606. The van der Waals surface area contributed by atoms with E-state index in [2.05, 4.69) is 22.6 Å². The Hall–Kier alpha value is -1.43. The SMILES string of the molecule is C[C@@H]1C=CN(C(=O)c2ccccc2I)C=C1C=O. The maximum absolute atomic E-state index is 12.3. The second kappa shape index (κ2) is 5.48. The number of rotatable bonds is 2. The lowest BCUT2D eigenvalue weighted by atomic mass is 10.0. The molecule has 0 aliphatic carbocycles. The number of hydrogen-bond acceptors (Lipinski definition) is 2. The van der Waals surface area contributed by atoms with Gasteiger partial charge in [-0.05, 0) is 34.7 Å². The van der Waals surface area contributed by atoms with Crippen molar-refractivity contribution in [1.82, 2.24) is 4.90 Å². The second-order valence-corrected chi connectivity index (χ2v) is 5.23. The predicted molar refractivity (Wildman–Crippen MR) is 77.8 cm³/mol. The highest BCUT2D eigenvalue weighted by Crippen LogP contribution is 2.20. The van der Waals surface area contributed by atoms with Crippen LogP contribution < -0.4 is 0 Å². The van der Waals surface area contributed by atoms with E-state index in [-0.39, 0.29) is 11.8 Å². The molecule has 0 N–H and O–H groups in total. The van der Waals surface area contributed by atoms with Gasteiger partial charge in [-0.15, -0.1) is 0 Å². The van der Waals surface area contributed by atoms with E-state index >= 15 is 0 Å². The van der Waals surface area contributed by atoms with Crippen molar-refractivity contribution in [3.63, 3.8) is 0 Å². The first-order valence-electron chi connectivity index (χ1n) is 5.56. The zero-order valence-corrected chi connectivity index (χ0v) is 12.0. The number of aldehydes is 1. The summed E-state index contributed by atoms with van der Waals surface area (Å²) in [5.41, 5.74) is 1.25. The Morgan fingerprint density at radius 1 is 1.39 bits per heavy atom. The molecule has 1 aromatic carbocycles. The molecule has 0 fully saturated rings. The Labute approximate surface area is 119 Å². The zero-order valence-electron chi connectivity index (χ0n) is 9.84. The first-order chi connectivity index (χ1) is 8.63. The third-order valence-corrected chi connectivity index (χ3v) is 3.76. The molecule has 0 spiro atoms. The maximum Gasteiger partial charge on any atom is 0.262 e. The van der Waals surface area contributed by atoms with Crippen LogP contribution in [-0.4, -0.2) is 17.1 Å². The Bertz CT molecular complexity index is 548. The van der Waals surface area contributed by atoms with E-state index in [1.165, 1.54) is 4.90 Å². The van der Waals surface area contributed by atoms with Crippen molar-refractivity contribution in [2.45, 2.75) is 6.92 Å². The van der Waals surface area contributed by atoms with E-state index in [1.54, 1.807) is 18.5 Å². The number of nitrogens with zero attached hydrogens (tertiary/aromatic N) is 1. The highest BCUT2D eigenvalue weighted by Gasteiger charge is 2.19. The predicted octanol–water partition coefficient (Wildman–Crippen LogP) is 2.98. The van der Waals surface area contributed by atoms with Gasteiger partial charge in [0.25, 0.3) is 5.91 Å². The van der Waals surface area contributed by atoms with Crippen molar-refractivity contribution in [2.24, 2.45) is 5.92 Å². The van der Waals surface area contributed by atoms with Crippen molar-refractivity contribution in [1.29, 1.82) is 0 Å². The lowest BCUT2D eigenvalue weighted by Crippen LogP contribution is -2.25. The summed E-state index contributed by atoms with van der Waals surface area (Å²) in [7, 11) is 0. The number of allylic oxidation sites excluding steroid dienone is 2. The summed E-state index contributed by atoms with van der Waals surface area (Å²) in [6.45, 7) is 1.92. The van der Waals surface area contributed by atoms with Gasteiger partial charge in [-0.3, -0.25) is 14.5 Å². The molecule has 2 rings (SSSR count). The van der Waals surface area contributed by atoms with Crippen LogP contribution in [0.25, 0.3) is 0 Å². The van der Waals surface area contributed by atoms with Gasteiger partial charge in [0.2, 0.25) is 0 Å². The fourth-order valence-electron chi connectivity index (χ4n) is 1.69. The van der Waals surface area contributed by atoms with E-state index in [0.29, 0.717) is 11.1 Å². The van der Waals surface area contributed by atoms with E-state index in [4.69, 9.17) is 0 Å². The third kappa shape index (κ3) is 2.53. The van der Waals surface area contributed by atoms with Gasteiger partial charge in [-0.25, -0.2) is 0 Å². The number of carbonyl (C=O) groups is 2. The van der Waals surface area contributed by atoms with E-state index in [0.717, 1.165) is 9.86 Å². The van der Waals surface area contributed by atoms with Crippen LogP contribution >= 0.6 is 22.6 Å². The minimum absolute atomic E-state index is 0.0568. The molecule has 1 aromatic rings. The molecule has 1 atom stereocenters. The molecule has 3 nitrogen and oxygen atoms in total. The van der Waals surface area contributed by atoms with Crippen LogP contribution in [0, 0.1) is 9.49 Å². The molecule has 1 amide bonds. The van der Waals surface area contributed by atoms with E-state index < -0.39 is 0 Å². The lowest BCUT2D eigenvalue weighted by Gasteiger charge is -2.21. The van der Waals surface area contributed by atoms with Gasteiger partial charge in [0.15, 0.2) is 0 Å². The van der Waals surface area contributed by atoms with Crippen LogP contribution in [0.2, 0.25) is 0 Å². The van der Waals surface area contributed by atoms with Gasteiger partial charge in [0.1, 0.15) is 6.29 Å². The summed E-state index contributed by atoms with van der Waals surface area (Å²) in [5, 5.41) is 0. The van der Waals surface area contributed by atoms with Crippen molar-refractivity contribution in [3.05, 3.63) is 57.4 Å². The van der Waals surface area contributed by atoms with Crippen LogP contribution in [0.1, 0.15) is 17.3 Å². The third-order valence-electron chi connectivity index (χ3n) is 2.82. The monoisotopic (exact) mass is 353 g/mol. The summed E-state index contributed by atoms with van der Waals surface area (Å²) < 4.78 is 0.896. The molecule has 0 unspecified atom stereocenters. The molecule has 0 bridgehead atoms. The molecule has 0 saturated carbocycles. The summed E-state index contributed by atoms with van der Waals surface area (Å²) in [6.07, 6.45) is 5.95.